The van der Waals surface area contributed by atoms with E-state index in [0.717, 1.165) is 12.4 Å². The van der Waals surface area contributed by atoms with Crippen LogP contribution in [0.25, 0.3) is 0 Å². The molecule has 0 aliphatic heterocycles. The Labute approximate surface area is 88.5 Å². The standard InChI is InChI=1S/C9H16N4O2/c1-3-13-8(10-7-11-13)6-12(2)5-4-9(14)15/h7H,3-6H2,1-2H3,(H,14,15). The monoisotopic (exact) mass is 212 g/mol. The number of hydrogen-bond donors (Lipinski definition) is 1. The maximum atomic E-state index is 10.4. The molecule has 15 heavy (non-hydrogen) atoms. The molecule has 1 heterocycles. The summed E-state index contributed by atoms with van der Waals surface area (Å²) < 4.78 is 1.80. The molecule has 0 aromatic carbocycles. The van der Waals surface area contributed by atoms with Crippen LogP contribution in [0.1, 0.15) is 19.2 Å². The van der Waals surface area contributed by atoms with Crippen LogP contribution < -0.4 is 0 Å². The molecular weight excluding hydrogens is 196 g/mol. The SMILES string of the molecule is CCn1ncnc1CN(C)CCC(=O)O. The molecule has 0 radical (unpaired) electrons. The quantitative estimate of drug-likeness (QED) is 0.729. The van der Waals surface area contributed by atoms with Crippen LogP contribution in [-0.2, 0) is 17.9 Å². The van der Waals surface area contributed by atoms with Crippen molar-refractivity contribution >= 4 is 5.97 Å². The van der Waals surface area contributed by atoms with Crippen molar-refractivity contribution in [2.75, 3.05) is 13.6 Å². The molecule has 0 spiro atoms. The number of nitrogens with zero attached hydrogens (tertiary/aromatic N) is 4. The third-order valence-corrected chi connectivity index (χ3v) is 2.11. The average molecular weight is 212 g/mol. The van der Waals surface area contributed by atoms with E-state index in [1.54, 1.807) is 4.68 Å². The van der Waals surface area contributed by atoms with Crippen molar-refractivity contribution in [2.45, 2.75) is 26.4 Å². The molecule has 1 N–H and O–H groups in total. The Bertz CT molecular complexity index is 324. The lowest BCUT2D eigenvalue weighted by atomic mass is 10.4. The van der Waals surface area contributed by atoms with Crippen molar-refractivity contribution in [3.63, 3.8) is 0 Å². The zero-order chi connectivity index (χ0) is 11.3. The lowest BCUT2D eigenvalue weighted by Crippen LogP contribution is -2.23. The van der Waals surface area contributed by atoms with E-state index in [4.69, 9.17) is 5.11 Å². The minimum atomic E-state index is -0.779. The molecule has 6 heteroatoms. The first-order valence-corrected chi connectivity index (χ1v) is 4.90. The minimum Gasteiger partial charge on any atom is -0.481 e. The molecule has 0 fully saturated rings. The van der Waals surface area contributed by atoms with Crippen molar-refractivity contribution in [3.05, 3.63) is 12.2 Å². The minimum absolute atomic E-state index is 0.150. The normalized spacial score (nSPS) is 10.9. The van der Waals surface area contributed by atoms with Gasteiger partial charge >= 0.3 is 5.97 Å². The van der Waals surface area contributed by atoms with Crippen molar-refractivity contribution in [2.24, 2.45) is 0 Å². The highest BCUT2D eigenvalue weighted by atomic mass is 16.4. The molecule has 0 aliphatic rings. The largest absolute Gasteiger partial charge is 0.481 e. The first-order chi connectivity index (χ1) is 7.13. The van der Waals surface area contributed by atoms with Gasteiger partial charge in [0, 0.05) is 13.1 Å². The fourth-order valence-corrected chi connectivity index (χ4v) is 1.28. The van der Waals surface area contributed by atoms with Crippen LogP contribution in [0.2, 0.25) is 0 Å². The van der Waals surface area contributed by atoms with Crippen LogP contribution in [-0.4, -0.2) is 44.3 Å². The summed E-state index contributed by atoms with van der Waals surface area (Å²) >= 11 is 0. The highest BCUT2D eigenvalue weighted by molar-refractivity contribution is 5.66. The fourth-order valence-electron chi connectivity index (χ4n) is 1.28. The zero-order valence-electron chi connectivity index (χ0n) is 9.05. The summed E-state index contributed by atoms with van der Waals surface area (Å²) in [6.07, 6.45) is 1.67. The summed E-state index contributed by atoms with van der Waals surface area (Å²) in [4.78, 5) is 16.4. The predicted octanol–water partition coefficient (Wildman–Crippen LogP) is 0.204. The van der Waals surface area contributed by atoms with E-state index in [0.29, 0.717) is 13.1 Å². The summed E-state index contributed by atoms with van der Waals surface area (Å²) in [5.74, 6) is 0.0872. The van der Waals surface area contributed by atoms with Crippen LogP contribution >= 0.6 is 0 Å². The van der Waals surface area contributed by atoms with E-state index in [1.807, 2.05) is 18.9 Å². The highest BCUT2D eigenvalue weighted by Crippen LogP contribution is 1.99. The molecule has 1 aromatic heterocycles. The molecule has 1 aromatic rings. The van der Waals surface area contributed by atoms with Crippen LogP contribution in [0.5, 0.6) is 0 Å². The number of aromatic nitrogens is 3. The Morgan fingerprint density at radius 1 is 1.67 bits per heavy atom. The van der Waals surface area contributed by atoms with Crippen LogP contribution in [0.15, 0.2) is 6.33 Å². The van der Waals surface area contributed by atoms with Crippen molar-refractivity contribution in [3.8, 4) is 0 Å². The van der Waals surface area contributed by atoms with Gasteiger partial charge in [-0.1, -0.05) is 0 Å². The summed E-state index contributed by atoms with van der Waals surface area (Å²) in [5.41, 5.74) is 0. The molecular formula is C9H16N4O2. The third-order valence-electron chi connectivity index (χ3n) is 2.11. The van der Waals surface area contributed by atoms with Crippen molar-refractivity contribution in [1.29, 1.82) is 0 Å². The van der Waals surface area contributed by atoms with Gasteiger partial charge in [-0.05, 0) is 14.0 Å². The Morgan fingerprint density at radius 3 is 3.00 bits per heavy atom. The number of carboxylic acid groups (broad SMARTS) is 1. The molecule has 0 atom stereocenters. The second kappa shape index (κ2) is 5.45. The van der Waals surface area contributed by atoms with E-state index in [9.17, 15) is 4.79 Å². The van der Waals surface area contributed by atoms with E-state index >= 15 is 0 Å². The molecule has 0 unspecified atom stereocenters. The lowest BCUT2D eigenvalue weighted by Gasteiger charge is -2.14. The maximum absolute atomic E-state index is 10.4. The van der Waals surface area contributed by atoms with Gasteiger partial charge in [0.05, 0.1) is 13.0 Å². The molecule has 0 saturated heterocycles. The number of aryl methyl sites for hydroxylation is 1. The second-order valence-corrected chi connectivity index (χ2v) is 3.37. The van der Waals surface area contributed by atoms with Crippen LogP contribution in [0, 0.1) is 0 Å². The molecule has 0 amide bonds. The Kier molecular flexibility index (Phi) is 4.23. The van der Waals surface area contributed by atoms with Gasteiger partial charge in [0.15, 0.2) is 0 Å². The highest BCUT2D eigenvalue weighted by Gasteiger charge is 2.07. The summed E-state index contributed by atoms with van der Waals surface area (Å²) in [6, 6.07) is 0. The second-order valence-electron chi connectivity index (χ2n) is 3.37. The van der Waals surface area contributed by atoms with Gasteiger partial charge in [-0.25, -0.2) is 9.67 Å². The fraction of sp³-hybridized carbons (Fsp3) is 0.667. The van der Waals surface area contributed by atoms with Gasteiger partial charge in [-0.2, -0.15) is 5.10 Å². The number of hydrogen-bond acceptors (Lipinski definition) is 4. The van der Waals surface area contributed by atoms with Crippen LogP contribution in [0.4, 0.5) is 0 Å². The van der Waals surface area contributed by atoms with Gasteiger partial charge in [-0.3, -0.25) is 9.69 Å². The van der Waals surface area contributed by atoms with Gasteiger partial charge in [0.1, 0.15) is 12.2 Å². The van der Waals surface area contributed by atoms with E-state index in [1.165, 1.54) is 6.33 Å². The molecule has 0 aliphatic carbocycles. The smallest absolute Gasteiger partial charge is 0.304 e. The lowest BCUT2D eigenvalue weighted by molar-refractivity contribution is -0.137. The number of rotatable bonds is 6. The van der Waals surface area contributed by atoms with Crippen molar-refractivity contribution in [1.82, 2.24) is 19.7 Å². The summed E-state index contributed by atoms with van der Waals surface area (Å²) in [7, 11) is 1.87. The maximum Gasteiger partial charge on any atom is 0.304 e. The van der Waals surface area contributed by atoms with Crippen LogP contribution in [0.3, 0.4) is 0 Å². The molecule has 0 saturated carbocycles. The summed E-state index contributed by atoms with van der Waals surface area (Å²) in [5, 5.41) is 12.6. The van der Waals surface area contributed by atoms with Gasteiger partial charge < -0.3 is 5.11 Å². The number of carbonyl (C=O) groups is 1. The molecule has 6 nitrogen and oxygen atoms in total. The third kappa shape index (κ3) is 3.67. The Balaban J connectivity index is 2.43. The van der Waals surface area contributed by atoms with Gasteiger partial charge in [-0.15, -0.1) is 0 Å². The van der Waals surface area contributed by atoms with E-state index in [-0.39, 0.29) is 6.42 Å². The molecule has 0 bridgehead atoms. The predicted molar refractivity (Wildman–Crippen MR) is 54.3 cm³/mol. The van der Waals surface area contributed by atoms with E-state index in [2.05, 4.69) is 10.1 Å². The molecule has 84 valence electrons. The molecule has 1 rings (SSSR count). The zero-order valence-corrected chi connectivity index (χ0v) is 9.05. The van der Waals surface area contributed by atoms with Gasteiger partial charge in [0.25, 0.3) is 0 Å². The Hall–Kier alpha value is -1.43. The summed E-state index contributed by atoms with van der Waals surface area (Å²) in [6.45, 7) is 3.92. The van der Waals surface area contributed by atoms with Crippen molar-refractivity contribution < 1.29 is 9.90 Å². The number of aliphatic carboxylic acids is 1. The topological polar surface area (TPSA) is 71.2 Å². The first-order valence-electron chi connectivity index (χ1n) is 4.90. The first kappa shape index (κ1) is 11.6. The van der Waals surface area contributed by atoms with E-state index < -0.39 is 5.97 Å². The Morgan fingerprint density at radius 2 is 2.40 bits per heavy atom. The van der Waals surface area contributed by atoms with Gasteiger partial charge in [0.2, 0.25) is 0 Å². The number of carboxylic acids is 1. The average Bonchev–Trinajstić information content (AvgIpc) is 2.62.